The van der Waals surface area contributed by atoms with Crippen LogP contribution in [0.2, 0.25) is 0 Å². The minimum atomic E-state index is -0.500. The summed E-state index contributed by atoms with van der Waals surface area (Å²) in [6, 6.07) is 5.26. The highest BCUT2D eigenvalue weighted by Crippen LogP contribution is 2.23. The number of urea groups is 1. The quantitative estimate of drug-likeness (QED) is 0.786. The zero-order valence-electron chi connectivity index (χ0n) is 15.6. The normalized spacial score (nSPS) is 16.0. The van der Waals surface area contributed by atoms with E-state index >= 15 is 0 Å². The van der Waals surface area contributed by atoms with Crippen molar-refractivity contribution in [1.29, 1.82) is 0 Å². The molecule has 1 aromatic heterocycles. The summed E-state index contributed by atoms with van der Waals surface area (Å²) in [7, 11) is 0. The van der Waals surface area contributed by atoms with Crippen LogP contribution in [-0.4, -0.2) is 47.6 Å². The highest BCUT2D eigenvalue weighted by molar-refractivity contribution is 5.75. The van der Waals surface area contributed by atoms with Gasteiger partial charge in [-0.2, -0.15) is 0 Å². The van der Waals surface area contributed by atoms with Gasteiger partial charge in [-0.25, -0.2) is 14.2 Å². The summed E-state index contributed by atoms with van der Waals surface area (Å²) in [5.41, 5.74) is 5.78. The first kappa shape index (κ1) is 19.8. The second-order valence-corrected chi connectivity index (χ2v) is 6.70. The van der Waals surface area contributed by atoms with E-state index in [9.17, 15) is 14.0 Å². The maximum atomic E-state index is 13.0. The Balaban J connectivity index is 1.51. The largest absolute Gasteiger partial charge is 0.438 e. The summed E-state index contributed by atoms with van der Waals surface area (Å²) in [6.07, 6.45) is 2.76. The van der Waals surface area contributed by atoms with Crippen LogP contribution in [0.25, 0.3) is 11.3 Å². The van der Waals surface area contributed by atoms with Crippen molar-refractivity contribution in [2.75, 3.05) is 19.7 Å². The summed E-state index contributed by atoms with van der Waals surface area (Å²) in [4.78, 5) is 29.1. The zero-order chi connectivity index (χ0) is 20.1. The number of rotatable bonds is 6. The van der Waals surface area contributed by atoms with Crippen LogP contribution >= 0.6 is 0 Å². The molecule has 2 heterocycles. The van der Waals surface area contributed by atoms with Crippen molar-refractivity contribution in [3.05, 3.63) is 42.2 Å². The number of ether oxygens (including phenoxy) is 1. The third-order valence-electron chi connectivity index (χ3n) is 4.55. The topological polar surface area (TPSA) is 111 Å². The Kier molecular flexibility index (Phi) is 6.25. The fourth-order valence-corrected chi connectivity index (χ4v) is 3.00. The number of halogens is 1. The van der Waals surface area contributed by atoms with Crippen LogP contribution in [0.4, 0.5) is 9.18 Å². The number of piperidine rings is 1. The Labute approximate surface area is 161 Å². The number of oxazole rings is 1. The number of hydrogen-bond donors (Lipinski definition) is 2. The lowest BCUT2D eigenvalue weighted by molar-refractivity contribution is -0.125. The Hall–Kier alpha value is -2.94. The van der Waals surface area contributed by atoms with Crippen molar-refractivity contribution in [3.63, 3.8) is 0 Å². The average molecular weight is 390 g/mol. The van der Waals surface area contributed by atoms with E-state index < -0.39 is 11.9 Å². The predicted octanol–water partition coefficient (Wildman–Crippen LogP) is 2.22. The maximum Gasteiger partial charge on any atom is 0.318 e. The number of nitrogens with two attached hydrogens (primary N) is 1. The number of carbonyl (C=O) groups excluding carboxylic acids is 2. The monoisotopic (exact) mass is 390 g/mol. The van der Waals surface area contributed by atoms with E-state index in [1.165, 1.54) is 12.1 Å². The number of primary amides is 1. The minimum absolute atomic E-state index is 0.0704. The van der Waals surface area contributed by atoms with Crippen molar-refractivity contribution < 1.29 is 23.1 Å². The number of amides is 3. The van der Waals surface area contributed by atoms with Gasteiger partial charge in [-0.15, -0.1) is 0 Å². The number of benzene rings is 1. The zero-order valence-corrected chi connectivity index (χ0v) is 15.6. The lowest BCUT2D eigenvalue weighted by atomic mass is 10.1. The smallest absolute Gasteiger partial charge is 0.318 e. The van der Waals surface area contributed by atoms with Gasteiger partial charge in [-0.1, -0.05) is 0 Å². The van der Waals surface area contributed by atoms with E-state index in [0.29, 0.717) is 43.1 Å². The average Bonchev–Trinajstić information content (AvgIpc) is 3.17. The highest BCUT2D eigenvalue weighted by Gasteiger charge is 2.25. The summed E-state index contributed by atoms with van der Waals surface area (Å²) < 4.78 is 24.1. The molecule has 9 heteroatoms. The summed E-state index contributed by atoms with van der Waals surface area (Å²) in [5.74, 6) is 0.0451. The Morgan fingerprint density at radius 2 is 2.04 bits per heavy atom. The van der Waals surface area contributed by atoms with Gasteiger partial charge in [0.2, 0.25) is 11.8 Å². The first-order chi connectivity index (χ1) is 13.4. The maximum absolute atomic E-state index is 13.0. The van der Waals surface area contributed by atoms with Gasteiger partial charge in [-0.05, 0) is 44.0 Å². The molecule has 0 spiro atoms. The van der Waals surface area contributed by atoms with Gasteiger partial charge in [0, 0.05) is 18.7 Å². The first-order valence-electron chi connectivity index (χ1n) is 9.09. The third-order valence-corrected chi connectivity index (χ3v) is 4.55. The van der Waals surface area contributed by atoms with Crippen LogP contribution in [0.15, 0.2) is 34.9 Å². The molecule has 2 aromatic rings. The predicted molar refractivity (Wildman–Crippen MR) is 98.6 cm³/mol. The van der Waals surface area contributed by atoms with E-state index in [4.69, 9.17) is 14.9 Å². The molecule has 1 aromatic carbocycles. The molecule has 1 atom stereocenters. The molecule has 3 N–H and O–H groups in total. The molecule has 0 saturated carbocycles. The molecule has 150 valence electrons. The number of carbonyl (C=O) groups is 2. The molecule has 28 heavy (non-hydrogen) atoms. The Morgan fingerprint density at radius 1 is 1.36 bits per heavy atom. The molecule has 0 aliphatic carbocycles. The molecule has 1 aliphatic rings. The van der Waals surface area contributed by atoms with E-state index in [2.05, 4.69) is 10.3 Å². The number of hydrogen-bond acceptors (Lipinski definition) is 5. The fourth-order valence-electron chi connectivity index (χ4n) is 3.00. The number of nitrogens with one attached hydrogen (secondary N) is 1. The molecule has 0 bridgehead atoms. The minimum Gasteiger partial charge on any atom is -0.438 e. The molecular formula is C19H23FN4O4. The molecule has 1 aliphatic heterocycles. The van der Waals surface area contributed by atoms with E-state index in [1.807, 2.05) is 0 Å². The van der Waals surface area contributed by atoms with Crippen molar-refractivity contribution in [2.24, 2.45) is 5.73 Å². The lowest BCUT2D eigenvalue weighted by Crippen LogP contribution is -2.46. The van der Waals surface area contributed by atoms with Gasteiger partial charge in [0.1, 0.15) is 18.5 Å². The van der Waals surface area contributed by atoms with E-state index in [0.717, 1.165) is 0 Å². The standard InChI is InChI=1S/C19H23FN4O4/c1-12(18-22-10-16(28-18)13-2-4-14(20)5-3-13)23-19(26)24-8-6-15(7-9-24)27-11-17(21)25/h2-5,10,12,15H,6-9,11H2,1H3,(H2,21,25)(H,23,26). The van der Waals surface area contributed by atoms with Gasteiger partial charge >= 0.3 is 6.03 Å². The van der Waals surface area contributed by atoms with Crippen molar-refractivity contribution >= 4 is 11.9 Å². The van der Waals surface area contributed by atoms with Gasteiger partial charge < -0.3 is 25.1 Å². The highest BCUT2D eigenvalue weighted by atomic mass is 19.1. The molecule has 3 amide bonds. The SMILES string of the molecule is CC(NC(=O)N1CCC(OCC(N)=O)CC1)c1ncc(-c2ccc(F)cc2)o1. The molecule has 1 fully saturated rings. The van der Waals surface area contributed by atoms with Crippen LogP contribution in [0.3, 0.4) is 0 Å². The van der Waals surface area contributed by atoms with E-state index in [-0.39, 0.29) is 24.6 Å². The second kappa shape index (κ2) is 8.83. The van der Waals surface area contributed by atoms with Gasteiger partial charge in [0.05, 0.1) is 12.3 Å². The van der Waals surface area contributed by atoms with Gasteiger partial charge in [0.15, 0.2) is 5.76 Å². The Bertz CT molecular complexity index is 816. The molecule has 1 unspecified atom stereocenters. The molecule has 3 rings (SSSR count). The first-order valence-corrected chi connectivity index (χ1v) is 9.09. The van der Waals surface area contributed by atoms with Crippen molar-refractivity contribution in [1.82, 2.24) is 15.2 Å². The molecule has 0 radical (unpaired) electrons. The van der Waals surface area contributed by atoms with Crippen LogP contribution < -0.4 is 11.1 Å². The molecule has 1 saturated heterocycles. The fraction of sp³-hybridized carbons (Fsp3) is 0.421. The van der Waals surface area contributed by atoms with Crippen LogP contribution in [-0.2, 0) is 9.53 Å². The summed E-state index contributed by atoms with van der Waals surface area (Å²) >= 11 is 0. The number of likely N-dealkylation sites (tertiary alicyclic amines) is 1. The van der Waals surface area contributed by atoms with Crippen LogP contribution in [0.5, 0.6) is 0 Å². The summed E-state index contributed by atoms with van der Waals surface area (Å²) in [6.45, 7) is 2.72. The lowest BCUT2D eigenvalue weighted by Gasteiger charge is -2.32. The second-order valence-electron chi connectivity index (χ2n) is 6.70. The van der Waals surface area contributed by atoms with Gasteiger partial charge in [0.25, 0.3) is 0 Å². The third kappa shape index (κ3) is 5.07. The van der Waals surface area contributed by atoms with Gasteiger partial charge in [-0.3, -0.25) is 4.79 Å². The van der Waals surface area contributed by atoms with E-state index in [1.54, 1.807) is 30.2 Å². The Morgan fingerprint density at radius 3 is 2.68 bits per heavy atom. The van der Waals surface area contributed by atoms with Crippen LogP contribution in [0.1, 0.15) is 31.7 Å². The molecular weight excluding hydrogens is 367 g/mol. The summed E-state index contributed by atoms with van der Waals surface area (Å²) in [5, 5.41) is 2.86. The molecule has 8 nitrogen and oxygen atoms in total. The number of aromatic nitrogens is 1. The van der Waals surface area contributed by atoms with Crippen molar-refractivity contribution in [2.45, 2.75) is 31.9 Å². The van der Waals surface area contributed by atoms with Crippen LogP contribution in [0, 0.1) is 5.82 Å². The number of nitrogens with zero attached hydrogens (tertiary/aromatic N) is 2. The van der Waals surface area contributed by atoms with Crippen molar-refractivity contribution in [3.8, 4) is 11.3 Å².